The first kappa shape index (κ1) is 24.6. The van der Waals surface area contributed by atoms with Gasteiger partial charge in [0.25, 0.3) is 6.43 Å². The van der Waals surface area contributed by atoms with Crippen LogP contribution in [-0.4, -0.2) is 79.2 Å². The molecule has 156 valence electrons. The lowest BCUT2D eigenvalue weighted by Crippen LogP contribution is -2.50. The zero-order valence-corrected chi connectivity index (χ0v) is 12.2. The molecule has 2 nitrogen and oxygen atoms in total. The van der Waals surface area contributed by atoms with Crippen LogP contribution in [0.1, 0.15) is 0 Å². The van der Waals surface area contributed by atoms with Gasteiger partial charge in [0.2, 0.25) is 6.17 Å². The highest BCUT2D eigenvalue weighted by molar-refractivity contribution is 5.73. The number of halogens is 12. The molecule has 0 amide bonds. The second-order valence-corrected chi connectivity index (χ2v) is 5.07. The Morgan fingerprint density at radius 2 is 0.692 bits per heavy atom. The molecule has 0 fully saturated rings. The Morgan fingerprint density at radius 1 is 0.462 bits per heavy atom. The van der Waals surface area contributed by atoms with E-state index in [1.807, 2.05) is 0 Å². The summed E-state index contributed by atoms with van der Waals surface area (Å²) in [6.45, 7) is 0. The molecule has 0 saturated heterocycles. The third kappa shape index (κ3) is 5.83. The molecular weight excluding hydrogens is 404 g/mol. The molecule has 0 bridgehead atoms. The average molecular weight is 416 g/mol. The third-order valence-electron chi connectivity index (χ3n) is 3.19. The number of hydrogen-bond donors (Lipinski definition) is 1. The van der Waals surface area contributed by atoms with Crippen molar-refractivity contribution in [3.8, 4) is 0 Å². The molecule has 26 heavy (non-hydrogen) atoms. The third-order valence-corrected chi connectivity index (χ3v) is 3.19. The summed E-state index contributed by atoms with van der Waals surface area (Å²) in [6.07, 6.45) is -44.2. The topological polar surface area (TPSA) is 37.3 Å². The van der Waals surface area contributed by atoms with Crippen LogP contribution in [0, 0.1) is 0 Å². The van der Waals surface area contributed by atoms with Crippen molar-refractivity contribution >= 4 is 5.97 Å². The molecule has 0 aromatic rings. The molecular formula is C12H12F12O2. The summed E-state index contributed by atoms with van der Waals surface area (Å²) in [4.78, 5) is 10.0. The Morgan fingerprint density at radius 3 is 0.923 bits per heavy atom. The summed E-state index contributed by atoms with van der Waals surface area (Å²) in [5.41, 5.74) is 0. The molecule has 10 unspecified atom stereocenters. The average Bonchev–Trinajstić information content (AvgIpc) is 2.61. The Balaban J connectivity index is 5.06. The fourth-order valence-corrected chi connectivity index (χ4v) is 1.67. The highest BCUT2D eigenvalue weighted by Crippen LogP contribution is 2.30. The Labute approximate surface area is 138 Å². The molecule has 0 aromatic carbocycles. The van der Waals surface area contributed by atoms with Crippen LogP contribution in [-0.2, 0) is 4.79 Å². The van der Waals surface area contributed by atoms with Crippen molar-refractivity contribution in [2.75, 3.05) is 0 Å². The van der Waals surface area contributed by atoms with Crippen LogP contribution in [0.2, 0.25) is 0 Å². The number of hydrogen-bond acceptors (Lipinski definition) is 1. The van der Waals surface area contributed by atoms with Crippen LogP contribution < -0.4 is 0 Å². The Bertz CT molecular complexity index is 440. The van der Waals surface area contributed by atoms with Gasteiger partial charge in [-0.05, 0) is 0 Å². The summed E-state index contributed by atoms with van der Waals surface area (Å²) < 4.78 is 154. The quantitative estimate of drug-likeness (QED) is 0.522. The highest BCUT2D eigenvalue weighted by Gasteiger charge is 2.51. The monoisotopic (exact) mass is 416 g/mol. The number of aliphatic carboxylic acids is 1. The maximum Gasteiger partial charge on any atom is 0.341 e. The Hall–Kier alpha value is -1.37. The smallest absolute Gasteiger partial charge is 0.341 e. The maximum absolute atomic E-state index is 13.3. The molecule has 0 aliphatic rings. The van der Waals surface area contributed by atoms with Crippen LogP contribution in [0.5, 0.6) is 0 Å². The van der Waals surface area contributed by atoms with Gasteiger partial charge in [0.1, 0.15) is 0 Å². The Kier molecular flexibility index (Phi) is 9.56. The largest absolute Gasteiger partial charge is 0.479 e. The molecule has 0 aromatic heterocycles. The number of alkyl halides is 12. The van der Waals surface area contributed by atoms with Gasteiger partial charge in [-0.3, -0.25) is 0 Å². The van der Waals surface area contributed by atoms with Crippen molar-refractivity contribution in [3.63, 3.8) is 0 Å². The van der Waals surface area contributed by atoms with Crippen molar-refractivity contribution in [2.45, 2.75) is 68.1 Å². The van der Waals surface area contributed by atoms with E-state index in [-0.39, 0.29) is 0 Å². The van der Waals surface area contributed by atoms with Gasteiger partial charge >= 0.3 is 5.97 Å². The van der Waals surface area contributed by atoms with E-state index in [9.17, 15) is 57.5 Å². The number of carboxylic acid groups (broad SMARTS) is 1. The number of rotatable bonds is 11. The minimum absolute atomic E-state index is 2.63. The summed E-state index contributed by atoms with van der Waals surface area (Å²) in [5.74, 6) is -2.63. The van der Waals surface area contributed by atoms with Crippen LogP contribution >= 0.6 is 0 Å². The van der Waals surface area contributed by atoms with Crippen molar-refractivity contribution in [2.24, 2.45) is 0 Å². The lowest BCUT2D eigenvalue weighted by molar-refractivity contribution is -0.148. The van der Waals surface area contributed by atoms with E-state index >= 15 is 0 Å². The first-order chi connectivity index (χ1) is 11.7. The van der Waals surface area contributed by atoms with Crippen LogP contribution in [0.15, 0.2) is 0 Å². The summed E-state index contributed by atoms with van der Waals surface area (Å²) in [5, 5.41) is 8.03. The van der Waals surface area contributed by atoms with Gasteiger partial charge in [0, 0.05) is 0 Å². The molecule has 0 rings (SSSR count). The molecule has 10 atom stereocenters. The van der Waals surface area contributed by atoms with E-state index in [0.29, 0.717) is 0 Å². The normalized spacial score (nSPS) is 24.0. The zero-order chi connectivity index (χ0) is 20.9. The molecule has 0 radical (unpaired) electrons. The van der Waals surface area contributed by atoms with Crippen LogP contribution in [0.25, 0.3) is 0 Å². The molecule has 0 aliphatic carbocycles. The van der Waals surface area contributed by atoms with Crippen molar-refractivity contribution < 1.29 is 62.6 Å². The lowest BCUT2D eigenvalue weighted by Gasteiger charge is -2.27. The fourth-order valence-electron chi connectivity index (χ4n) is 1.67. The van der Waals surface area contributed by atoms with Crippen LogP contribution in [0.3, 0.4) is 0 Å². The molecule has 0 heterocycles. The van der Waals surface area contributed by atoms with E-state index in [4.69, 9.17) is 5.11 Å². The molecule has 0 aliphatic heterocycles. The minimum atomic E-state index is -4.16. The first-order valence-electron chi connectivity index (χ1n) is 6.67. The lowest BCUT2D eigenvalue weighted by atomic mass is 9.96. The summed E-state index contributed by atoms with van der Waals surface area (Å²) >= 11 is 0. The van der Waals surface area contributed by atoms with Crippen LogP contribution in [0.4, 0.5) is 52.7 Å². The second-order valence-electron chi connectivity index (χ2n) is 5.07. The first-order valence-corrected chi connectivity index (χ1v) is 6.67. The van der Waals surface area contributed by atoms with Gasteiger partial charge in [-0.1, -0.05) is 0 Å². The van der Waals surface area contributed by atoms with Gasteiger partial charge in [-0.2, -0.15) is 0 Å². The molecule has 0 saturated carbocycles. The predicted molar refractivity (Wildman–Crippen MR) is 62.6 cm³/mol. The minimum Gasteiger partial charge on any atom is -0.479 e. The van der Waals surface area contributed by atoms with Gasteiger partial charge in [-0.25, -0.2) is 57.5 Å². The fraction of sp³-hybridized carbons (Fsp3) is 0.917. The highest BCUT2D eigenvalue weighted by atomic mass is 19.3. The molecule has 14 heteroatoms. The predicted octanol–water partition coefficient (Wildman–Crippen LogP) is 3.72. The summed E-state index contributed by atoms with van der Waals surface area (Å²) in [6, 6.07) is 0. The maximum atomic E-state index is 13.3. The standard InChI is InChI=1S/C12H12F12O2/c13-1(3(15)5(17)7(19)9(21)11(23)24)2(14)4(16)6(18)8(20)10(22)12(25)26/h1-11H,(H,25,26). The van der Waals surface area contributed by atoms with Gasteiger partial charge in [0.15, 0.2) is 55.5 Å². The van der Waals surface area contributed by atoms with Gasteiger partial charge < -0.3 is 5.11 Å². The van der Waals surface area contributed by atoms with Gasteiger partial charge in [-0.15, -0.1) is 0 Å². The second kappa shape index (κ2) is 10.1. The molecule has 0 spiro atoms. The molecule has 1 N–H and O–H groups in total. The number of carbonyl (C=O) groups is 1. The van der Waals surface area contributed by atoms with E-state index < -0.39 is 74.1 Å². The SMILES string of the molecule is O=C(O)C(F)C(F)C(F)C(F)C(F)C(F)C(F)C(F)C(F)C(F)C(F)F. The van der Waals surface area contributed by atoms with E-state index in [1.54, 1.807) is 0 Å². The van der Waals surface area contributed by atoms with Gasteiger partial charge in [0.05, 0.1) is 0 Å². The number of carboxylic acids is 1. The summed E-state index contributed by atoms with van der Waals surface area (Å²) in [7, 11) is 0. The van der Waals surface area contributed by atoms with Crippen molar-refractivity contribution in [1.29, 1.82) is 0 Å². The van der Waals surface area contributed by atoms with E-state index in [1.165, 1.54) is 0 Å². The van der Waals surface area contributed by atoms with Crippen molar-refractivity contribution in [3.05, 3.63) is 0 Å². The van der Waals surface area contributed by atoms with Crippen molar-refractivity contribution in [1.82, 2.24) is 0 Å². The van der Waals surface area contributed by atoms with E-state index in [2.05, 4.69) is 0 Å². The zero-order valence-electron chi connectivity index (χ0n) is 12.2. The van der Waals surface area contributed by atoms with E-state index in [0.717, 1.165) is 0 Å².